The molecule has 1 aromatic heterocycles. The first kappa shape index (κ1) is 20.7. The third kappa shape index (κ3) is 4.17. The number of nitrogens with zero attached hydrogens (tertiary/aromatic N) is 3. The Morgan fingerprint density at radius 2 is 1.58 bits per heavy atom. The molecule has 4 rings (SSSR count). The maximum Gasteiger partial charge on any atom is 0.260 e. The van der Waals surface area contributed by atoms with Crippen LogP contribution in [0.15, 0.2) is 54.6 Å². The van der Waals surface area contributed by atoms with Gasteiger partial charge in [-0.2, -0.15) is 0 Å². The molecule has 0 radical (unpaired) electrons. The number of carbonyl (C=O) groups excluding carboxylic acids is 3. The molecule has 3 aromatic rings. The summed E-state index contributed by atoms with van der Waals surface area (Å²) in [5, 5.41) is 4.05. The lowest BCUT2D eigenvalue weighted by Crippen LogP contribution is -2.49. The minimum absolute atomic E-state index is 0.0797. The number of hydrogen-bond acceptors (Lipinski definition) is 3. The Bertz CT molecular complexity index is 1120. The van der Waals surface area contributed by atoms with Crippen LogP contribution < -0.4 is 0 Å². The van der Waals surface area contributed by atoms with E-state index in [9.17, 15) is 14.4 Å². The van der Waals surface area contributed by atoms with Crippen molar-refractivity contribution >= 4 is 28.6 Å². The summed E-state index contributed by atoms with van der Waals surface area (Å²) in [4.78, 5) is 43.3. The lowest BCUT2D eigenvalue weighted by atomic mass is 10.1. The molecule has 0 aliphatic carbocycles. The minimum atomic E-state index is -0.256. The molecule has 31 heavy (non-hydrogen) atoms. The van der Waals surface area contributed by atoms with Crippen molar-refractivity contribution in [2.24, 2.45) is 0 Å². The summed E-state index contributed by atoms with van der Waals surface area (Å²) in [6, 6.07) is 16.8. The van der Waals surface area contributed by atoms with Crippen LogP contribution in [0.1, 0.15) is 28.0 Å². The zero-order valence-electron chi connectivity index (χ0n) is 17.8. The van der Waals surface area contributed by atoms with E-state index in [-0.39, 0.29) is 30.7 Å². The van der Waals surface area contributed by atoms with Crippen LogP contribution in [0.3, 0.4) is 0 Å². The van der Waals surface area contributed by atoms with E-state index in [2.05, 4.69) is 4.98 Å². The van der Waals surface area contributed by atoms with Crippen molar-refractivity contribution in [3.63, 3.8) is 0 Å². The van der Waals surface area contributed by atoms with Gasteiger partial charge >= 0.3 is 0 Å². The number of H-pyrrole nitrogens is 1. The predicted molar refractivity (Wildman–Crippen MR) is 118 cm³/mol. The highest BCUT2D eigenvalue weighted by Gasteiger charge is 2.32. The third-order valence-electron chi connectivity index (χ3n) is 5.70. The molecule has 0 atom stereocenters. The van der Waals surface area contributed by atoms with Crippen molar-refractivity contribution in [1.82, 2.24) is 19.9 Å². The van der Waals surface area contributed by atoms with Crippen LogP contribution >= 0.6 is 0 Å². The Morgan fingerprint density at radius 3 is 2.32 bits per heavy atom. The van der Waals surface area contributed by atoms with Gasteiger partial charge < -0.3 is 9.88 Å². The average Bonchev–Trinajstić information content (AvgIpc) is 3.39. The highest BCUT2D eigenvalue weighted by Crippen LogP contribution is 2.24. The average molecular weight is 418 g/mol. The number of hydrogen-bond donors (Lipinski definition) is 1. The van der Waals surface area contributed by atoms with Gasteiger partial charge in [0.25, 0.3) is 11.8 Å². The number of hydrazine groups is 1. The number of carbonyl (C=O) groups is 3. The molecule has 1 N–H and O–H groups in total. The smallest absolute Gasteiger partial charge is 0.260 e. The number of aryl methyl sites for hydroxylation is 1. The molecule has 1 saturated heterocycles. The number of nitrogens with one attached hydrogen (secondary N) is 1. The first-order chi connectivity index (χ1) is 15.0. The highest BCUT2D eigenvalue weighted by molar-refractivity contribution is 5.97. The molecule has 7 heteroatoms. The monoisotopic (exact) mass is 418 g/mol. The number of para-hydroxylation sites is 1. The van der Waals surface area contributed by atoms with E-state index < -0.39 is 0 Å². The van der Waals surface area contributed by atoms with E-state index >= 15 is 0 Å². The van der Waals surface area contributed by atoms with Crippen molar-refractivity contribution in [2.75, 3.05) is 26.7 Å². The van der Waals surface area contributed by atoms with Crippen LogP contribution in [0.4, 0.5) is 0 Å². The van der Waals surface area contributed by atoms with Crippen LogP contribution in [-0.2, 0) is 16.0 Å². The van der Waals surface area contributed by atoms with Crippen LogP contribution in [0.25, 0.3) is 10.9 Å². The van der Waals surface area contributed by atoms with Crippen molar-refractivity contribution in [1.29, 1.82) is 0 Å². The second-order valence-corrected chi connectivity index (χ2v) is 7.87. The van der Waals surface area contributed by atoms with Crippen LogP contribution in [-0.4, -0.2) is 64.3 Å². The minimum Gasteiger partial charge on any atom is -0.358 e. The second-order valence-electron chi connectivity index (χ2n) is 7.87. The standard InChI is InChI=1S/C24H26N4O3/c1-17-20(19-11-6-7-12-21(19)25-17)15-22(29)27-13-8-14-28(27)23(30)16-26(2)24(31)18-9-4-3-5-10-18/h3-7,9-12,25H,8,13-16H2,1-2H3. The number of benzene rings is 2. The predicted octanol–water partition coefficient (Wildman–Crippen LogP) is 2.77. The maximum atomic E-state index is 13.1. The number of fused-ring (bicyclic) bond motifs is 1. The van der Waals surface area contributed by atoms with E-state index in [1.165, 1.54) is 14.9 Å². The van der Waals surface area contributed by atoms with Gasteiger partial charge in [0.05, 0.1) is 6.42 Å². The van der Waals surface area contributed by atoms with Crippen LogP contribution in [0.2, 0.25) is 0 Å². The SMILES string of the molecule is Cc1[nH]c2ccccc2c1CC(=O)N1CCCN1C(=O)CN(C)C(=O)c1ccccc1. The van der Waals surface area contributed by atoms with Gasteiger partial charge in [-0.1, -0.05) is 36.4 Å². The first-order valence-electron chi connectivity index (χ1n) is 10.4. The lowest BCUT2D eigenvalue weighted by molar-refractivity contribution is -0.157. The summed E-state index contributed by atoms with van der Waals surface area (Å²) in [6.07, 6.45) is 0.944. The summed E-state index contributed by atoms with van der Waals surface area (Å²) >= 11 is 0. The van der Waals surface area contributed by atoms with E-state index in [0.717, 1.165) is 28.6 Å². The summed E-state index contributed by atoms with van der Waals surface area (Å²) in [5.74, 6) is -0.593. The quantitative estimate of drug-likeness (QED) is 0.692. The Balaban J connectivity index is 1.44. The molecule has 2 aromatic carbocycles. The Labute approximate surface area is 181 Å². The van der Waals surface area contributed by atoms with Crippen molar-refractivity contribution in [3.8, 4) is 0 Å². The molecule has 0 bridgehead atoms. The fraction of sp³-hybridized carbons (Fsp3) is 0.292. The molecule has 2 heterocycles. The zero-order valence-corrected chi connectivity index (χ0v) is 17.8. The van der Waals surface area contributed by atoms with E-state index in [1.807, 2.05) is 37.3 Å². The first-order valence-corrected chi connectivity index (χ1v) is 10.4. The number of aromatic nitrogens is 1. The van der Waals surface area contributed by atoms with E-state index in [1.54, 1.807) is 31.3 Å². The lowest BCUT2D eigenvalue weighted by Gasteiger charge is -2.29. The molecule has 1 aliphatic rings. The molecule has 7 nitrogen and oxygen atoms in total. The summed E-state index contributed by atoms with van der Waals surface area (Å²) in [6.45, 7) is 2.86. The molecular weight excluding hydrogens is 392 g/mol. The number of likely N-dealkylation sites (N-methyl/N-ethyl adjacent to an activating group) is 1. The van der Waals surface area contributed by atoms with Gasteiger partial charge in [0.15, 0.2) is 0 Å². The number of rotatable bonds is 5. The molecule has 3 amide bonds. The molecule has 160 valence electrons. The van der Waals surface area contributed by atoms with Crippen molar-refractivity contribution in [2.45, 2.75) is 19.8 Å². The van der Waals surface area contributed by atoms with Gasteiger partial charge in [-0.3, -0.25) is 19.4 Å². The maximum absolute atomic E-state index is 13.1. The number of aromatic amines is 1. The fourth-order valence-corrected chi connectivity index (χ4v) is 4.09. The Kier molecular flexibility index (Phi) is 5.75. The topological polar surface area (TPSA) is 76.7 Å². The fourth-order valence-electron chi connectivity index (χ4n) is 4.09. The van der Waals surface area contributed by atoms with Gasteiger partial charge in [0, 0.05) is 42.3 Å². The van der Waals surface area contributed by atoms with Crippen molar-refractivity contribution in [3.05, 3.63) is 71.4 Å². The summed E-state index contributed by atoms with van der Waals surface area (Å²) in [5.41, 5.74) is 3.44. The van der Waals surface area contributed by atoms with E-state index in [4.69, 9.17) is 0 Å². The molecule has 1 fully saturated rings. The molecule has 0 spiro atoms. The van der Waals surface area contributed by atoms with E-state index in [0.29, 0.717) is 18.7 Å². The highest BCUT2D eigenvalue weighted by atomic mass is 16.2. The normalized spacial score (nSPS) is 13.6. The second kappa shape index (κ2) is 8.63. The number of amides is 3. The molecular formula is C24H26N4O3. The molecule has 1 aliphatic heterocycles. The Morgan fingerprint density at radius 1 is 0.935 bits per heavy atom. The van der Waals surface area contributed by atoms with Gasteiger partial charge in [-0.05, 0) is 37.1 Å². The molecule has 0 unspecified atom stereocenters. The van der Waals surface area contributed by atoms with Crippen molar-refractivity contribution < 1.29 is 14.4 Å². The third-order valence-corrected chi connectivity index (χ3v) is 5.70. The summed E-state index contributed by atoms with van der Waals surface area (Å²) < 4.78 is 0. The van der Waals surface area contributed by atoms with Crippen LogP contribution in [0, 0.1) is 6.92 Å². The van der Waals surface area contributed by atoms with Crippen LogP contribution in [0.5, 0.6) is 0 Å². The molecule has 0 saturated carbocycles. The van der Waals surface area contributed by atoms with Gasteiger partial charge in [-0.15, -0.1) is 0 Å². The summed E-state index contributed by atoms with van der Waals surface area (Å²) in [7, 11) is 1.60. The largest absolute Gasteiger partial charge is 0.358 e. The van der Waals surface area contributed by atoms with Gasteiger partial charge in [-0.25, -0.2) is 5.01 Å². The van der Waals surface area contributed by atoms with Gasteiger partial charge in [0.2, 0.25) is 5.91 Å². The Hall–Kier alpha value is -3.61. The zero-order chi connectivity index (χ0) is 22.0. The van der Waals surface area contributed by atoms with Gasteiger partial charge in [0.1, 0.15) is 6.54 Å².